The van der Waals surface area contributed by atoms with E-state index in [0.29, 0.717) is 12.5 Å². The molecule has 0 spiro atoms. The molecule has 21 heavy (non-hydrogen) atoms. The Morgan fingerprint density at radius 1 is 1.10 bits per heavy atom. The first-order valence-corrected chi connectivity index (χ1v) is 7.70. The van der Waals surface area contributed by atoms with Crippen molar-refractivity contribution in [1.29, 1.82) is 0 Å². The lowest BCUT2D eigenvalue weighted by atomic mass is 10.2. The first-order valence-electron chi connectivity index (χ1n) is 7.70. The zero-order valence-electron chi connectivity index (χ0n) is 13.6. The molecule has 0 amide bonds. The van der Waals surface area contributed by atoms with Crippen LogP contribution in [0.15, 0.2) is 24.3 Å². The van der Waals surface area contributed by atoms with E-state index in [9.17, 15) is 5.11 Å². The normalized spacial score (nSPS) is 12.9. The van der Waals surface area contributed by atoms with Crippen LogP contribution in [0, 0.1) is 5.92 Å². The SMILES string of the molecule is CC(C)CNCc1ccccc1OCC(O)COC(C)C. The molecule has 0 aromatic heterocycles. The number of rotatable bonds is 10. The summed E-state index contributed by atoms with van der Waals surface area (Å²) in [6, 6.07) is 7.91. The van der Waals surface area contributed by atoms with Crippen molar-refractivity contribution in [3.05, 3.63) is 29.8 Å². The third-order valence-electron chi connectivity index (χ3n) is 2.89. The zero-order valence-corrected chi connectivity index (χ0v) is 13.6. The van der Waals surface area contributed by atoms with Crippen molar-refractivity contribution >= 4 is 0 Å². The highest BCUT2D eigenvalue weighted by Crippen LogP contribution is 2.18. The van der Waals surface area contributed by atoms with Crippen LogP contribution in [0.25, 0.3) is 0 Å². The van der Waals surface area contributed by atoms with Crippen molar-refractivity contribution in [3.63, 3.8) is 0 Å². The lowest BCUT2D eigenvalue weighted by Crippen LogP contribution is -2.25. The molecular weight excluding hydrogens is 266 g/mol. The molecule has 0 aliphatic heterocycles. The monoisotopic (exact) mass is 295 g/mol. The van der Waals surface area contributed by atoms with Crippen LogP contribution in [0.4, 0.5) is 0 Å². The van der Waals surface area contributed by atoms with Crippen LogP contribution in [0.3, 0.4) is 0 Å². The van der Waals surface area contributed by atoms with Crippen LogP contribution in [0.1, 0.15) is 33.3 Å². The summed E-state index contributed by atoms with van der Waals surface area (Å²) in [6.45, 7) is 10.5. The number of hydrogen-bond donors (Lipinski definition) is 2. The van der Waals surface area contributed by atoms with Crippen LogP contribution < -0.4 is 10.1 Å². The van der Waals surface area contributed by atoms with Gasteiger partial charge in [0.1, 0.15) is 18.5 Å². The van der Waals surface area contributed by atoms with E-state index < -0.39 is 6.10 Å². The van der Waals surface area contributed by atoms with E-state index in [1.807, 2.05) is 38.1 Å². The van der Waals surface area contributed by atoms with E-state index in [1.54, 1.807) is 0 Å². The topological polar surface area (TPSA) is 50.7 Å². The van der Waals surface area contributed by atoms with Crippen LogP contribution in [-0.2, 0) is 11.3 Å². The Balaban J connectivity index is 2.43. The van der Waals surface area contributed by atoms with Gasteiger partial charge in [0.05, 0.1) is 12.7 Å². The molecular formula is C17H29NO3. The minimum Gasteiger partial charge on any atom is -0.490 e. The minimum atomic E-state index is -0.607. The number of nitrogens with one attached hydrogen (secondary N) is 1. The van der Waals surface area contributed by atoms with E-state index in [0.717, 1.165) is 24.4 Å². The Labute approximate surface area is 128 Å². The molecule has 0 aliphatic rings. The van der Waals surface area contributed by atoms with Gasteiger partial charge in [0.25, 0.3) is 0 Å². The molecule has 4 nitrogen and oxygen atoms in total. The van der Waals surface area contributed by atoms with Gasteiger partial charge in [-0.2, -0.15) is 0 Å². The number of aliphatic hydroxyl groups excluding tert-OH is 1. The van der Waals surface area contributed by atoms with Gasteiger partial charge in [0, 0.05) is 12.1 Å². The fraction of sp³-hybridized carbons (Fsp3) is 0.647. The summed E-state index contributed by atoms with van der Waals surface area (Å²) >= 11 is 0. The standard InChI is InChI=1S/C17H29NO3/c1-13(2)9-18-10-15-7-5-6-8-17(15)21-12-16(19)11-20-14(3)4/h5-8,13-14,16,18-19H,9-12H2,1-4H3. The highest BCUT2D eigenvalue weighted by Gasteiger charge is 2.09. The fourth-order valence-corrected chi connectivity index (χ4v) is 1.82. The maximum Gasteiger partial charge on any atom is 0.123 e. The average molecular weight is 295 g/mol. The van der Waals surface area contributed by atoms with Crippen molar-refractivity contribution in [1.82, 2.24) is 5.32 Å². The zero-order chi connectivity index (χ0) is 15.7. The van der Waals surface area contributed by atoms with Crippen molar-refractivity contribution in [3.8, 4) is 5.75 Å². The quantitative estimate of drug-likeness (QED) is 0.696. The third-order valence-corrected chi connectivity index (χ3v) is 2.89. The molecule has 0 saturated carbocycles. The van der Waals surface area contributed by atoms with Gasteiger partial charge in [-0.25, -0.2) is 0 Å². The molecule has 0 bridgehead atoms. The van der Waals surface area contributed by atoms with Crippen molar-refractivity contribution < 1.29 is 14.6 Å². The van der Waals surface area contributed by atoms with E-state index >= 15 is 0 Å². The summed E-state index contributed by atoms with van der Waals surface area (Å²) in [6.07, 6.45) is -0.490. The smallest absolute Gasteiger partial charge is 0.123 e. The maximum atomic E-state index is 9.83. The Morgan fingerprint density at radius 2 is 1.81 bits per heavy atom. The summed E-state index contributed by atoms with van der Waals surface area (Å²) in [7, 11) is 0. The van der Waals surface area contributed by atoms with Gasteiger partial charge < -0.3 is 19.9 Å². The highest BCUT2D eigenvalue weighted by molar-refractivity contribution is 5.33. The second-order valence-corrected chi connectivity index (χ2v) is 5.98. The summed E-state index contributed by atoms with van der Waals surface area (Å²) in [4.78, 5) is 0. The second-order valence-electron chi connectivity index (χ2n) is 5.98. The predicted octanol–water partition coefficient (Wildman–Crippen LogP) is 2.60. The molecule has 1 rings (SSSR count). The third kappa shape index (κ3) is 8.05. The lowest BCUT2D eigenvalue weighted by Gasteiger charge is -2.17. The molecule has 0 radical (unpaired) electrons. The molecule has 4 heteroatoms. The van der Waals surface area contributed by atoms with E-state index in [1.165, 1.54) is 0 Å². The number of ether oxygens (including phenoxy) is 2. The minimum absolute atomic E-state index is 0.118. The molecule has 1 unspecified atom stereocenters. The van der Waals surface area contributed by atoms with Gasteiger partial charge in [0.15, 0.2) is 0 Å². The molecule has 0 heterocycles. The molecule has 2 N–H and O–H groups in total. The summed E-state index contributed by atoms with van der Waals surface area (Å²) in [5.41, 5.74) is 1.11. The Hall–Kier alpha value is -1.10. The van der Waals surface area contributed by atoms with E-state index in [2.05, 4.69) is 19.2 Å². The summed E-state index contributed by atoms with van der Waals surface area (Å²) in [5, 5.41) is 13.2. The van der Waals surface area contributed by atoms with Crippen LogP contribution in [0.5, 0.6) is 5.75 Å². The Kier molecular flexibility index (Phi) is 8.35. The molecule has 0 saturated heterocycles. The van der Waals surface area contributed by atoms with Crippen LogP contribution in [0.2, 0.25) is 0 Å². The molecule has 120 valence electrons. The summed E-state index contributed by atoms with van der Waals surface area (Å²) < 4.78 is 11.1. The first-order chi connectivity index (χ1) is 9.99. The van der Waals surface area contributed by atoms with Crippen molar-refractivity contribution in [2.24, 2.45) is 5.92 Å². The van der Waals surface area contributed by atoms with Gasteiger partial charge in [-0.05, 0) is 32.4 Å². The van der Waals surface area contributed by atoms with Gasteiger partial charge in [-0.15, -0.1) is 0 Å². The molecule has 1 atom stereocenters. The Bertz CT molecular complexity index is 393. The molecule has 1 aromatic rings. The highest BCUT2D eigenvalue weighted by atomic mass is 16.5. The van der Waals surface area contributed by atoms with E-state index in [-0.39, 0.29) is 12.7 Å². The number of hydrogen-bond acceptors (Lipinski definition) is 4. The molecule has 1 aromatic carbocycles. The Morgan fingerprint density at radius 3 is 2.48 bits per heavy atom. The fourth-order valence-electron chi connectivity index (χ4n) is 1.82. The van der Waals surface area contributed by atoms with Crippen molar-refractivity contribution in [2.45, 2.75) is 46.4 Å². The maximum absolute atomic E-state index is 9.83. The largest absolute Gasteiger partial charge is 0.490 e. The first kappa shape index (κ1) is 18.0. The van der Waals surface area contributed by atoms with Gasteiger partial charge in [-0.3, -0.25) is 0 Å². The number of para-hydroxylation sites is 1. The van der Waals surface area contributed by atoms with Gasteiger partial charge >= 0.3 is 0 Å². The average Bonchev–Trinajstić information content (AvgIpc) is 2.43. The van der Waals surface area contributed by atoms with Crippen molar-refractivity contribution in [2.75, 3.05) is 19.8 Å². The van der Waals surface area contributed by atoms with Gasteiger partial charge in [-0.1, -0.05) is 32.0 Å². The predicted molar refractivity (Wildman–Crippen MR) is 85.6 cm³/mol. The second kappa shape index (κ2) is 9.77. The lowest BCUT2D eigenvalue weighted by molar-refractivity contribution is -0.0124. The van der Waals surface area contributed by atoms with Gasteiger partial charge in [0.2, 0.25) is 0 Å². The summed E-state index contributed by atoms with van der Waals surface area (Å²) in [5.74, 6) is 1.44. The number of aliphatic hydroxyl groups is 1. The molecule has 0 aliphatic carbocycles. The van der Waals surface area contributed by atoms with Crippen LogP contribution in [-0.4, -0.2) is 37.1 Å². The van der Waals surface area contributed by atoms with Crippen LogP contribution >= 0.6 is 0 Å². The number of benzene rings is 1. The molecule has 0 fully saturated rings. The van der Waals surface area contributed by atoms with E-state index in [4.69, 9.17) is 9.47 Å².